The molecule has 0 radical (unpaired) electrons. The number of ether oxygens (including phenoxy) is 4. The van der Waals surface area contributed by atoms with Crippen molar-refractivity contribution in [3.05, 3.63) is 214 Å². The molecule has 0 aromatic heterocycles. The number of ketones is 2. The molecule has 8 aromatic rings. The summed E-state index contributed by atoms with van der Waals surface area (Å²) in [6.45, 7) is 19.2. The van der Waals surface area contributed by atoms with E-state index in [1.165, 1.54) is 48.5 Å². The lowest BCUT2D eigenvalue weighted by Crippen LogP contribution is -2.53. The lowest BCUT2D eigenvalue weighted by Gasteiger charge is -2.48. The predicted molar refractivity (Wildman–Crippen MR) is 375 cm³/mol. The first kappa shape index (κ1) is 74.2. The quantitative estimate of drug-likeness (QED) is 0.0262. The van der Waals surface area contributed by atoms with Crippen molar-refractivity contribution in [1.82, 2.24) is 0 Å². The molecule has 9 rings (SSSR count). The van der Waals surface area contributed by atoms with Crippen LogP contribution < -0.4 is 18.9 Å². The minimum atomic E-state index is -5.07. The van der Waals surface area contributed by atoms with Crippen molar-refractivity contribution >= 4 is 52.0 Å². The Bertz CT molecular complexity index is 4740. The van der Waals surface area contributed by atoms with Gasteiger partial charge in [-0.15, -0.1) is 0 Å². The molecule has 0 bridgehead atoms. The fourth-order valence-electron chi connectivity index (χ4n) is 13.6. The van der Waals surface area contributed by atoms with Gasteiger partial charge in [-0.1, -0.05) is 141 Å². The Morgan fingerprint density at radius 1 is 0.388 bits per heavy atom. The fraction of sp³-hybridized carbons (Fsp3) is 0.342. The number of benzene rings is 8. The lowest BCUT2D eigenvalue weighted by molar-refractivity contribution is -0.00963. The molecule has 0 spiro atoms. The highest BCUT2D eigenvalue weighted by molar-refractivity contribution is 7.86. The molecule has 0 saturated heterocycles. The van der Waals surface area contributed by atoms with Crippen LogP contribution in [-0.2, 0) is 56.7 Å². The SMILES string of the molecule is CCC(C)(C)Oc1ccc(C2(c3ccc(Oc4ccc(C(=O)c5ccc(C(CC)(CC)C(C)(CC)Oc6ccc(-c7ccc(Oc8ccc(C(=O)c9ccc(C(C)(CC)CC)c(S(=O)(=O)O)c9)cc8S(=O)(=O)O)cc7)cc6)c(S(=O)(=O)O)c5)cc4S(=O)(=O)O)cc3)CCCCC2)cc1. The molecule has 1 saturated carbocycles. The third kappa shape index (κ3) is 15.5. The van der Waals surface area contributed by atoms with Crippen LogP contribution in [0.25, 0.3) is 11.1 Å². The molecule has 98 heavy (non-hydrogen) atoms. The molecule has 22 heteroatoms. The second-order valence-electron chi connectivity index (χ2n) is 26.2. The molecule has 1 fully saturated rings. The third-order valence-electron chi connectivity index (χ3n) is 20.2. The van der Waals surface area contributed by atoms with Gasteiger partial charge in [-0.05, 0) is 208 Å². The summed E-state index contributed by atoms with van der Waals surface area (Å²) in [4.78, 5) is 25.7. The Balaban J connectivity index is 0.919. The molecule has 18 nitrogen and oxygen atoms in total. The van der Waals surface area contributed by atoms with Crippen LogP contribution in [-0.4, -0.2) is 74.7 Å². The Morgan fingerprint density at radius 2 is 0.735 bits per heavy atom. The van der Waals surface area contributed by atoms with Crippen LogP contribution in [0, 0.1) is 0 Å². The summed E-state index contributed by atoms with van der Waals surface area (Å²) in [5, 5.41) is 0. The smallest absolute Gasteiger partial charge is 0.298 e. The number of hydrogen-bond donors (Lipinski definition) is 4. The molecule has 1 aliphatic rings. The van der Waals surface area contributed by atoms with Crippen molar-refractivity contribution in [1.29, 1.82) is 0 Å². The van der Waals surface area contributed by atoms with Crippen LogP contribution in [0.3, 0.4) is 0 Å². The van der Waals surface area contributed by atoms with Crippen molar-refractivity contribution in [3.63, 3.8) is 0 Å². The largest absolute Gasteiger partial charge is 0.488 e. The topological polar surface area (TPSA) is 289 Å². The normalized spacial score (nSPS) is 14.6. The van der Waals surface area contributed by atoms with E-state index in [2.05, 4.69) is 32.9 Å². The molecule has 1 aliphatic carbocycles. The molecule has 4 N–H and O–H groups in total. The van der Waals surface area contributed by atoms with Gasteiger partial charge in [0.2, 0.25) is 0 Å². The summed E-state index contributed by atoms with van der Waals surface area (Å²) in [7, 11) is -19.9. The van der Waals surface area contributed by atoms with Crippen LogP contribution in [0.5, 0.6) is 34.5 Å². The van der Waals surface area contributed by atoms with E-state index >= 15 is 0 Å². The van der Waals surface area contributed by atoms with Crippen LogP contribution >= 0.6 is 0 Å². The standard InChI is InChI=1S/C76H84O18S4/c1-11-72(7,8)93-60-38-30-57(31-39-60)75(44-18-17-19-45-75)56-28-36-59(37-29-56)92-65-43-27-55(49-69(65)98(88,89)90)71(78)53-25-41-63(67(47-53)96(82,83)84)76(15-5,16-6)74(10,14-4)94-61-34-22-51(23-35-61)50-20-32-58(33-21-50)91-64-42-26-54(48-68(64)97(85,86)87)70(77)52-24-40-62(73(9,12-2)13-3)66(46-52)95(79,80)81/h20-43,46-49H,11-19,44-45H2,1-10H3,(H,79,80,81)(H,82,83,84)(H,85,86,87)(H,88,89,90). The zero-order valence-electron chi connectivity index (χ0n) is 56.6. The first-order valence-corrected chi connectivity index (χ1v) is 38.5. The van der Waals surface area contributed by atoms with Gasteiger partial charge in [0.25, 0.3) is 40.5 Å². The molecular formula is C76H84O18S4. The van der Waals surface area contributed by atoms with Crippen LogP contribution in [0.2, 0.25) is 0 Å². The second kappa shape index (κ2) is 28.7. The Morgan fingerprint density at radius 3 is 1.11 bits per heavy atom. The zero-order valence-corrected chi connectivity index (χ0v) is 59.8. The van der Waals surface area contributed by atoms with E-state index < -0.39 is 88.1 Å². The van der Waals surface area contributed by atoms with Gasteiger partial charge in [0.1, 0.15) is 55.5 Å². The van der Waals surface area contributed by atoms with Gasteiger partial charge >= 0.3 is 0 Å². The molecule has 8 aromatic carbocycles. The zero-order chi connectivity index (χ0) is 71.6. The van der Waals surface area contributed by atoms with Crippen molar-refractivity contribution in [2.24, 2.45) is 0 Å². The Kier molecular flexibility index (Phi) is 21.7. The predicted octanol–water partition coefficient (Wildman–Crippen LogP) is 17.6. The van der Waals surface area contributed by atoms with E-state index in [0.29, 0.717) is 54.5 Å². The number of hydrogen-bond acceptors (Lipinski definition) is 14. The van der Waals surface area contributed by atoms with E-state index in [9.17, 15) is 61.5 Å². The Labute approximate surface area is 575 Å². The summed E-state index contributed by atoms with van der Waals surface area (Å²) in [6, 6.07) is 43.9. The minimum absolute atomic E-state index is 0.152. The average molecular weight is 1410 g/mol. The maximum atomic E-state index is 14.4. The van der Waals surface area contributed by atoms with Gasteiger partial charge in [-0.3, -0.25) is 27.8 Å². The first-order valence-electron chi connectivity index (χ1n) is 32.7. The van der Waals surface area contributed by atoms with Crippen LogP contribution in [0.1, 0.15) is 194 Å². The van der Waals surface area contributed by atoms with Crippen molar-refractivity contribution in [3.8, 4) is 45.6 Å². The van der Waals surface area contributed by atoms with Crippen LogP contribution in [0.15, 0.2) is 189 Å². The average Bonchev–Trinajstić information content (AvgIpc) is 0.733. The highest BCUT2D eigenvalue weighted by atomic mass is 32.2. The molecule has 1 atom stereocenters. The molecule has 520 valence electrons. The van der Waals surface area contributed by atoms with Crippen molar-refractivity contribution < 1.29 is 80.4 Å². The van der Waals surface area contributed by atoms with E-state index in [4.69, 9.17) is 18.9 Å². The first-order chi connectivity index (χ1) is 46.0. The summed E-state index contributed by atoms with van der Waals surface area (Å²) < 4.78 is 171. The van der Waals surface area contributed by atoms with Gasteiger partial charge in [-0.25, -0.2) is 0 Å². The van der Waals surface area contributed by atoms with Crippen LogP contribution in [0.4, 0.5) is 0 Å². The lowest BCUT2D eigenvalue weighted by atomic mass is 9.63. The monoisotopic (exact) mass is 1410 g/mol. The van der Waals surface area contributed by atoms with Gasteiger partial charge < -0.3 is 18.9 Å². The number of carbonyl (C=O) groups is 2. The number of carbonyl (C=O) groups excluding carboxylic acids is 2. The summed E-state index contributed by atoms with van der Waals surface area (Å²) in [5.74, 6) is -0.558. The summed E-state index contributed by atoms with van der Waals surface area (Å²) in [6.07, 6.45) is 7.86. The van der Waals surface area contributed by atoms with E-state index in [0.717, 1.165) is 79.7 Å². The third-order valence-corrected chi connectivity index (χ3v) is 23.8. The Hall–Kier alpha value is -8.06. The summed E-state index contributed by atoms with van der Waals surface area (Å²) >= 11 is 0. The van der Waals surface area contributed by atoms with Crippen molar-refractivity contribution in [2.75, 3.05) is 0 Å². The van der Waals surface area contributed by atoms with Crippen molar-refractivity contribution in [2.45, 2.75) is 187 Å². The number of rotatable bonds is 28. The van der Waals surface area contributed by atoms with Gasteiger partial charge in [-0.2, -0.15) is 33.7 Å². The highest BCUT2D eigenvalue weighted by Crippen LogP contribution is 2.50. The molecule has 0 amide bonds. The van der Waals surface area contributed by atoms with E-state index in [-0.39, 0.29) is 61.8 Å². The highest BCUT2D eigenvalue weighted by Gasteiger charge is 2.50. The molecule has 0 aliphatic heterocycles. The molecular weight excluding hydrogens is 1330 g/mol. The van der Waals surface area contributed by atoms with Gasteiger partial charge in [0.05, 0.1) is 9.79 Å². The maximum Gasteiger partial charge on any atom is 0.298 e. The molecule has 0 heterocycles. The van der Waals surface area contributed by atoms with Gasteiger partial charge in [0, 0.05) is 33.1 Å². The van der Waals surface area contributed by atoms with E-state index in [1.807, 2.05) is 72.7 Å². The molecule has 1 unspecified atom stereocenters. The van der Waals surface area contributed by atoms with Gasteiger partial charge in [0.15, 0.2) is 11.6 Å². The fourth-order valence-corrected chi connectivity index (χ4v) is 16.5. The summed E-state index contributed by atoms with van der Waals surface area (Å²) in [5.41, 5.74) is -0.240. The maximum absolute atomic E-state index is 14.4. The van der Waals surface area contributed by atoms with E-state index in [1.54, 1.807) is 60.7 Å². The second-order valence-corrected chi connectivity index (χ2v) is 31.8. The minimum Gasteiger partial charge on any atom is -0.488 e.